The molecule has 2 heterocycles. The zero-order valence-electron chi connectivity index (χ0n) is 17.1. The summed E-state index contributed by atoms with van der Waals surface area (Å²) in [7, 11) is -3.60. The first-order valence-corrected chi connectivity index (χ1v) is 11.5. The van der Waals surface area contributed by atoms with Crippen molar-refractivity contribution < 1.29 is 17.6 Å². The number of hydrogen-bond donors (Lipinski definition) is 0. The Morgan fingerprint density at radius 3 is 2.53 bits per heavy atom. The van der Waals surface area contributed by atoms with Gasteiger partial charge in [0.2, 0.25) is 21.8 Å². The highest BCUT2D eigenvalue weighted by molar-refractivity contribution is 7.89. The number of ether oxygens (including phenoxy) is 1. The van der Waals surface area contributed by atoms with Crippen LogP contribution in [0.25, 0.3) is 11.5 Å². The average molecular weight is 428 g/mol. The summed E-state index contributed by atoms with van der Waals surface area (Å²) < 4.78 is 39.0. The second-order valence-electron chi connectivity index (χ2n) is 7.42. The third-order valence-electron chi connectivity index (χ3n) is 5.25. The monoisotopic (exact) mass is 427 g/mol. The quantitative estimate of drug-likeness (QED) is 0.591. The van der Waals surface area contributed by atoms with Crippen LogP contribution in [0.2, 0.25) is 0 Å². The minimum Gasteiger partial charge on any atom is -0.494 e. The minimum atomic E-state index is -3.60. The molecule has 0 radical (unpaired) electrons. The molecular weight excluding hydrogens is 402 g/mol. The minimum absolute atomic E-state index is 0.122. The fourth-order valence-electron chi connectivity index (χ4n) is 3.60. The van der Waals surface area contributed by atoms with Gasteiger partial charge in [0.05, 0.1) is 17.4 Å². The average Bonchev–Trinajstić information content (AvgIpc) is 3.25. The van der Waals surface area contributed by atoms with Gasteiger partial charge in [-0.25, -0.2) is 8.42 Å². The van der Waals surface area contributed by atoms with Gasteiger partial charge in [-0.2, -0.15) is 4.31 Å². The van der Waals surface area contributed by atoms with Crippen LogP contribution in [-0.4, -0.2) is 42.6 Å². The van der Waals surface area contributed by atoms with E-state index in [2.05, 4.69) is 10.2 Å². The second kappa shape index (κ2) is 8.57. The fraction of sp³-hybridized carbons (Fsp3) is 0.364. The number of aromatic nitrogens is 2. The van der Waals surface area contributed by atoms with E-state index in [4.69, 9.17) is 9.15 Å². The van der Waals surface area contributed by atoms with Gasteiger partial charge in [-0.1, -0.05) is 17.7 Å². The molecule has 4 rings (SSSR count). The third-order valence-corrected chi connectivity index (χ3v) is 7.12. The maximum absolute atomic E-state index is 13.1. The lowest BCUT2D eigenvalue weighted by atomic mass is 10.00. The normalized spacial score (nSPS) is 17.7. The van der Waals surface area contributed by atoms with E-state index in [1.807, 2.05) is 38.1 Å². The molecular formula is C22H25N3O4S. The van der Waals surface area contributed by atoms with Gasteiger partial charge >= 0.3 is 0 Å². The molecule has 1 atom stereocenters. The molecule has 8 heteroatoms. The van der Waals surface area contributed by atoms with Crippen LogP contribution in [0, 0.1) is 6.92 Å². The number of piperidine rings is 1. The first kappa shape index (κ1) is 20.6. The van der Waals surface area contributed by atoms with E-state index < -0.39 is 10.0 Å². The van der Waals surface area contributed by atoms with Gasteiger partial charge in [0.15, 0.2) is 0 Å². The Morgan fingerprint density at radius 2 is 1.83 bits per heavy atom. The molecule has 0 bridgehead atoms. The largest absolute Gasteiger partial charge is 0.494 e. The summed E-state index contributed by atoms with van der Waals surface area (Å²) in [5.74, 6) is 1.47. The van der Waals surface area contributed by atoms with Crippen LogP contribution < -0.4 is 4.74 Å². The van der Waals surface area contributed by atoms with Crippen LogP contribution in [0.4, 0.5) is 0 Å². The van der Waals surface area contributed by atoms with Crippen LogP contribution in [0.3, 0.4) is 0 Å². The SMILES string of the molecule is CCOc1ccc(S(=O)(=O)N2CCC[C@H](c3nnc(-c4ccc(C)cc4)o3)C2)cc1. The zero-order valence-corrected chi connectivity index (χ0v) is 17.9. The maximum atomic E-state index is 13.1. The summed E-state index contributed by atoms with van der Waals surface area (Å²) in [6.07, 6.45) is 1.55. The molecule has 3 aromatic rings. The van der Waals surface area contributed by atoms with E-state index in [1.165, 1.54) is 4.31 Å². The third kappa shape index (κ3) is 4.24. The van der Waals surface area contributed by atoms with Gasteiger partial charge in [-0.3, -0.25) is 0 Å². The van der Waals surface area contributed by atoms with Gasteiger partial charge in [0.1, 0.15) is 5.75 Å². The molecule has 0 aliphatic carbocycles. The number of hydrogen-bond acceptors (Lipinski definition) is 6. The summed E-state index contributed by atoms with van der Waals surface area (Å²) in [6, 6.07) is 14.4. The molecule has 1 fully saturated rings. The Morgan fingerprint density at radius 1 is 1.10 bits per heavy atom. The predicted molar refractivity (Wildman–Crippen MR) is 113 cm³/mol. The first-order chi connectivity index (χ1) is 14.5. The molecule has 0 saturated carbocycles. The standard InChI is InChI=1S/C22H25N3O4S/c1-3-28-19-10-12-20(13-11-19)30(26,27)25-14-4-5-18(15-25)22-24-23-21(29-22)17-8-6-16(2)7-9-17/h6-13,18H,3-5,14-15H2,1-2H3/t18-/m0/s1. The van der Waals surface area contributed by atoms with Crippen molar-refractivity contribution in [3.63, 3.8) is 0 Å². The van der Waals surface area contributed by atoms with E-state index >= 15 is 0 Å². The zero-order chi connectivity index (χ0) is 21.1. The molecule has 7 nitrogen and oxygen atoms in total. The number of aryl methyl sites for hydroxylation is 1. The van der Waals surface area contributed by atoms with Crippen LogP contribution >= 0.6 is 0 Å². The highest BCUT2D eigenvalue weighted by Gasteiger charge is 2.33. The van der Waals surface area contributed by atoms with Crippen molar-refractivity contribution >= 4 is 10.0 Å². The lowest BCUT2D eigenvalue weighted by Gasteiger charge is -2.30. The highest BCUT2D eigenvalue weighted by atomic mass is 32.2. The van der Waals surface area contributed by atoms with E-state index in [0.717, 1.165) is 24.0 Å². The summed E-state index contributed by atoms with van der Waals surface area (Å²) in [5.41, 5.74) is 2.01. The molecule has 1 aromatic heterocycles. The summed E-state index contributed by atoms with van der Waals surface area (Å²) in [5, 5.41) is 8.37. The smallest absolute Gasteiger partial charge is 0.247 e. The molecule has 0 spiro atoms. The number of nitrogens with zero attached hydrogens (tertiary/aromatic N) is 3. The Balaban J connectivity index is 1.51. The molecule has 1 saturated heterocycles. The van der Waals surface area contributed by atoms with Crippen molar-refractivity contribution in [3.8, 4) is 17.2 Å². The van der Waals surface area contributed by atoms with Gasteiger partial charge in [-0.05, 0) is 63.1 Å². The van der Waals surface area contributed by atoms with Gasteiger partial charge in [-0.15, -0.1) is 10.2 Å². The Labute approximate surface area is 176 Å². The van der Waals surface area contributed by atoms with E-state index in [9.17, 15) is 8.42 Å². The highest BCUT2D eigenvalue weighted by Crippen LogP contribution is 2.31. The predicted octanol–water partition coefficient (Wildman–Crippen LogP) is 4.01. The maximum Gasteiger partial charge on any atom is 0.247 e. The molecule has 158 valence electrons. The summed E-state index contributed by atoms with van der Waals surface area (Å²) in [4.78, 5) is 0.262. The lowest BCUT2D eigenvalue weighted by molar-refractivity contribution is 0.286. The fourth-order valence-corrected chi connectivity index (χ4v) is 5.12. The Kier molecular flexibility index (Phi) is 5.87. The number of sulfonamides is 1. The molecule has 0 N–H and O–H groups in total. The van der Waals surface area contributed by atoms with Crippen LogP contribution in [0.1, 0.15) is 37.1 Å². The van der Waals surface area contributed by atoms with Crippen molar-refractivity contribution in [3.05, 3.63) is 60.0 Å². The Hall–Kier alpha value is -2.71. The molecule has 1 aliphatic rings. The summed E-state index contributed by atoms with van der Waals surface area (Å²) in [6.45, 7) is 5.25. The van der Waals surface area contributed by atoms with Crippen molar-refractivity contribution in [2.24, 2.45) is 0 Å². The van der Waals surface area contributed by atoms with Crippen LogP contribution in [-0.2, 0) is 10.0 Å². The number of rotatable bonds is 6. The second-order valence-corrected chi connectivity index (χ2v) is 9.36. The molecule has 2 aromatic carbocycles. The van der Waals surface area contributed by atoms with Gasteiger partial charge < -0.3 is 9.15 Å². The first-order valence-electron chi connectivity index (χ1n) is 10.1. The molecule has 0 unspecified atom stereocenters. The van der Waals surface area contributed by atoms with Crippen molar-refractivity contribution in [1.82, 2.24) is 14.5 Å². The van der Waals surface area contributed by atoms with Crippen molar-refractivity contribution in [1.29, 1.82) is 0 Å². The van der Waals surface area contributed by atoms with Gasteiger partial charge in [0, 0.05) is 18.7 Å². The van der Waals surface area contributed by atoms with E-state index in [1.54, 1.807) is 24.3 Å². The number of benzene rings is 2. The Bertz CT molecular complexity index is 1090. The van der Waals surface area contributed by atoms with Gasteiger partial charge in [0.25, 0.3) is 0 Å². The van der Waals surface area contributed by atoms with E-state index in [0.29, 0.717) is 37.2 Å². The molecule has 30 heavy (non-hydrogen) atoms. The lowest BCUT2D eigenvalue weighted by Crippen LogP contribution is -2.39. The summed E-state index contributed by atoms with van der Waals surface area (Å²) >= 11 is 0. The van der Waals surface area contributed by atoms with Crippen molar-refractivity contribution in [2.75, 3.05) is 19.7 Å². The van der Waals surface area contributed by atoms with Crippen LogP contribution in [0.15, 0.2) is 57.8 Å². The van der Waals surface area contributed by atoms with Crippen LogP contribution in [0.5, 0.6) is 5.75 Å². The molecule has 1 aliphatic heterocycles. The molecule has 0 amide bonds. The topological polar surface area (TPSA) is 85.5 Å². The van der Waals surface area contributed by atoms with Crippen molar-refractivity contribution in [2.45, 2.75) is 37.5 Å². The van der Waals surface area contributed by atoms with E-state index in [-0.39, 0.29) is 10.8 Å².